The van der Waals surface area contributed by atoms with Crippen LogP contribution in [0.4, 0.5) is 0 Å². The third kappa shape index (κ3) is 2.98. The number of rotatable bonds is 5. The summed E-state index contributed by atoms with van der Waals surface area (Å²) in [5.41, 5.74) is 1.31. The molecule has 102 valence electrons. The van der Waals surface area contributed by atoms with E-state index >= 15 is 0 Å². The van der Waals surface area contributed by atoms with E-state index in [1.165, 1.54) is 19.5 Å². The van der Waals surface area contributed by atoms with E-state index in [2.05, 4.69) is 11.1 Å². The minimum Gasteiger partial charge on any atom is -0.497 e. The van der Waals surface area contributed by atoms with E-state index in [1.54, 1.807) is 7.11 Å². The second-order valence-electron chi connectivity index (χ2n) is 3.96. The lowest BCUT2D eigenvalue weighted by Gasteiger charge is -2.10. The Morgan fingerprint density at radius 2 is 1.75 bits per heavy atom. The van der Waals surface area contributed by atoms with Crippen LogP contribution in [0.2, 0.25) is 0 Å². The van der Waals surface area contributed by atoms with Crippen LogP contribution in [0, 0.1) is 11.3 Å². The van der Waals surface area contributed by atoms with Gasteiger partial charge in [-0.05, 0) is 17.7 Å². The summed E-state index contributed by atoms with van der Waals surface area (Å²) >= 11 is 0. The summed E-state index contributed by atoms with van der Waals surface area (Å²) in [6.45, 7) is 0.341. The van der Waals surface area contributed by atoms with Gasteiger partial charge in [0.05, 0.1) is 26.6 Å². The fourth-order valence-electron chi connectivity index (χ4n) is 1.68. The molecule has 0 saturated carbocycles. The number of hydrogen-bond acceptors (Lipinski definition) is 5. The van der Waals surface area contributed by atoms with Crippen LogP contribution in [0.15, 0.2) is 36.7 Å². The maximum Gasteiger partial charge on any atom is 0.159 e. The number of nitrogens with zero attached hydrogens (tertiary/aromatic N) is 2. The van der Waals surface area contributed by atoms with Crippen molar-refractivity contribution in [2.75, 3.05) is 14.2 Å². The Morgan fingerprint density at radius 3 is 2.35 bits per heavy atom. The maximum absolute atomic E-state index is 9.14. The molecule has 2 rings (SSSR count). The molecule has 0 spiro atoms. The van der Waals surface area contributed by atoms with E-state index in [1.807, 2.05) is 24.3 Å². The number of benzene rings is 1. The van der Waals surface area contributed by atoms with Crippen molar-refractivity contribution >= 4 is 0 Å². The highest BCUT2D eigenvalue weighted by Crippen LogP contribution is 2.26. The van der Waals surface area contributed by atoms with Crippen molar-refractivity contribution in [1.29, 1.82) is 5.26 Å². The Kier molecular flexibility index (Phi) is 4.40. The van der Waals surface area contributed by atoms with Gasteiger partial charge in [-0.1, -0.05) is 12.1 Å². The molecule has 0 saturated heterocycles. The predicted molar refractivity (Wildman–Crippen MR) is 72.8 cm³/mol. The fraction of sp³-hybridized carbons (Fsp3) is 0.200. The quantitative estimate of drug-likeness (QED) is 0.835. The molecule has 0 bridgehead atoms. The molecule has 0 aliphatic carbocycles. The molecule has 0 radical (unpaired) electrons. The fourth-order valence-corrected chi connectivity index (χ4v) is 1.68. The Balaban J connectivity index is 2.12. The van der Waals surface area contributed by atoms with Crippen molar-refractivity contribution in [2.24, 2.45) is 0 Å². The number of ether oxygens (including phenoxy) is 3. The van der Waals surface area contributed by atoms with Crippen molar-refractivity contribution in [1.82, 2.24) is 4.98 Å². The molecule has 5 heteroatoms. The van der Waals surface area contributed by atoms with Crippen molar-refractivity contribution in [2.45, 2.75) is 6.61 Å². The van der Waals surface area contributed by atoms with E-state index in [0.717, 1.165) is 11.3 Å². The molecular formula is C15H14N2O3. The van der Waals surface area contributed by atoms with Crippen LogP contribution in [0.1, 0.15) is 11.1 Å². The molecule has 1 aromatic heterocycles. The number of hydrogen-bond donors (Lipinski definition) is 0. The van der Waals surface area contributed by atoms with Crippen molar-refractivity contribution in [3.8, 4) is 23.3 Å². The first-order chi connectivity index (χ1) is 9.78. The Morgan fingerprint density at radius 1 is 1.05 bits per heavy atom. The van der Waals surface area contributed by atoms with E-state index < -0.39 is 0 Å². The van der Waals surface area contributed by atoms with Gasteiger partial charge in [0, 0.05) is 0 Å². The first kappa shape index (κ1) is 13.7. The minimum absolute atomic E-state index is 0.341. The van der Waals surface area contributed by atoms with Crippen LogP contribution in [0.3, 0.4) is 0 Å². The van der Waals surface area contributed by atoms with E-state index in [4.69, 9.17) is 19.5 Å². The highest BCUT2D eigenvalue weighted by Gasteiger charge is 2.10. The zero-order chi connectivity index (χ0) is 14.4. The molecule has 20 heavy (non-hydrogen) atoms. The zero-order valence-electron chi connectivity index (χ0n) is 11.3. The van der Waals surface area contributed by atoms with Crippen LogP contribution in [0.5, 0.6) is 17.2 Å². The molecule has 0 fully saturated rings. The van der Waals surface area contributed by atoms with Crippen LogP contribution in [-0.2, 0) is 6.61 Å². The summed E-state index contributed by atoms with van der Waals surface area (Å²) in [6.07, 6.45) is 2.99. The number of methoxy groups -OCH3 is 2. The summed E-state index contributed by atoms with van der Waals surface area (Å²) in [5, 5.41) is 9.14. The van der Waals surface area contributed by atoms with Gasteiger partial charge in [0.15, 0.2) is 11.5 Å². The lowest BCUT2D eigenvalue weighted by Crippen LogP contribution is -1.99. The smallest absolute Gasteiger partial charge is 0.159 e. The van der Waals surface area contributed by atoms with Crippen molar-refractivity contribution in [3.05, 3.63) is 47.8 Å². The van der Waals surface area contributed by atoms with Crippen molar-refractivity contribution < 1.29 is 14.2 Å². The topological polar surface area (TPSA) is 64.4 Å². The standard InChI is InChI=1S/C15H14N2O3/c1-18-12-5-3-11(4-6-12)10-20-15-9-17-8-14(19-2)13(15)7-16/h3-6,8-9H,10H2,1-2H3. The predicted octanol–water partition coefficient (Wildman–Crippen LogP) is 2.55. The molecule has 2 aromatic rings. The van der Waals surface area contributed by atoms with Gasteiger partial charge in [-0.25, -0.2) is 0 Å². The second kappa shape index (κ2) is 6.43. The lowest BCUT2D eigenvalue weighted by atomic mass is 10.2. The van der Waals surface area contributed by atoms with Crippen LogP contribution in [-0.4, -0.2) is 19.2 Å². The summed E-state index contributed by atoms with van der Waals surface area (Å²) in [4.78, 5) is 3.98. The molecule has 1 aromatic carbocycles. The molecule has 0 aliphatic heterocycles. The molecule has 0 atom stereocenters. The summed E-state index contributed by atoms with van der Waals surface area (Å²) in [5.74, 6) is 1.59. The lowest BCUT2D eigenvalue weighted by molar-refractivity contribution is 0.300. The second-order valence-corrected chi connectivity index (χ2v) is 3.96. The van der Waals surface area contributed by atoms with Crippen LogP contribution < -0.4 is 14.2 Å². The van der Waals surface area contributed by atoms with Gasteiger partial charge in [-0.3, -0.25) is 4.98 Å². The van der Waals surface area contributed by atoms with Gasteiger partial charge >= 0.3 is 0 Å². The summed E-state index contributed by atoms with van der Waals surface area (Å²) < 4.78 is 15.8. The normalized spacial score (nSPS) is 9.65. The number of nitriles is 1. The zero-order valence-corrected chi connectivity index (χ0v) is 11.3. The maximum atomic E-state index is 9.14. The third-order valence-corrected chi connectivity index (χ3v) is 2.76. The van der Waals surface area contributed by atoms with Gasteiger partial charge in [0.25, 0.3) is 0 Å². The van der Waals surface area contributed by atoms with Crippen LogP contribution in [0.25, 0.3) is 0 Å². The highest BCUT2D eigenvalue weighted by atomic mass is 16.5. The van der Waals surface area contributed by atoms with Gasteiger partial charge in [-0.15, -0.1) is 0 Å². The monoisotopic (exact) mass is 270 g/mol. The molecule has 1 heterocycles. The number of pyridine rings is 1. The molecule has 0 aliphatic rings. The Labute approximate surface area is 117 Å². The first-order valence-corrected chi connectivity index (χ1v) is 5.96. The molecule has 0 unspecified atom stereocenters. The SMILES string of the molecule is COc1ccc(COc2cncc(OC)c2C#N)cc1. The minimum atomic E-state index is 0.341. The molecule has 5 nitrogen and oxygen atoms in total. The Bertz CT molecular complexity index is 618. The molecule has 0 N–H and O–H groups in total. The van der Waals surface area contributed by atoms with Gasteiger partial charge in [0.2, 0.25) is 0 Å². The third-order valence-electron chi connectivity index (χ3n) is 2.76. The van der Waals surface area contributed by atoms with E-state index in [-0.39, 0.29) is 0 Å². The summed E-state index contributed by atoms with van der Waals surface area (Å²) in [6, 6.07) is 9.57. The first-order valence-electron chi connectivity index (χ1n) is 5.96. The van der Waals surface area contributed by atoms with Crippen LogP contribution >= 0.6 is 0 Å². The average molecular weight is 270 g/mol. The van der Waals surface area contributed by atoms with E-state index in [9.17, 15) is 0 Å². The molecule has 0 amide bonds. The summed E-state index contributed by atoms with van der Waals surface area (Å²) in [7, 11) is 3.11. The molecular weight excluding hydrogens is 256 g/mol. The van der Waals surface area contributed by atoms with Gasteiger partial charge in [-0.2, -0.15) is 5.26 Å². The van der Waals surface area contributed by atoms with Gasteiger partial charge in [0.1, 0.15) is 24.0 Å². The van der Waals surface area contributed by atoms with E-state index in [0.29, 0.717) is 23.7 Å². The van der Waals surface area contributed by atoms with Gasteiger partial charge < -0.3 is 14.2 Å². The largest absolute Gasteiger partial charge is 0.497 e. The average Bonchev–Trinajstić information content (AvgIpc) is 2.52. The van der Waals surface area contributed by atoms with Crippen molar-refractivity contribution in [3.63, 3.8) is 0 Å². The highest BCUT2D eigenvalue weighted by molar-refractivity contribution is 5.50. The Hall–Kier alpha value is -2.74. The number of aromatic nitrogens is 1.